The lowest BCUT2D eigenvalue weighted by atomic mass is 10.0. The molecule has 6 nitrogen and oxygen atoms in total. The molecule has 0 saturated heterocycles. The molecule has 0 spiro atoms. The van der Waals surface area contributed by atoms with E-state index in [1.165, 1.54) is 14.2 Å². The molecule has 0 fully saturated rings. The number of hydrogen-bond acceptors (Lipinski definition) is 6. The van der Waals surface area contributed by atoms with Crippen molar-refractivity contribution in [3.8, 4) is 0 Å². The van der Waals surface area contributed by atoms with Crippen molar-refractivity contribution in [2.75, 3.05) is 14.2 Å². The largest absolute Gasteiger partial charge is 0.464 e. The topological polar surface area (TPSA) is 69.5 Å². The molecule has 0 aromatic heterocycles. The Hall–Kier alpha value is -3.12. The maximum atomic E-state index is 12.0. The van der Waals surface area contributed by atoms with Crippen LogP contribution in [-0.4, -0.2) is 31.6 Å². The van der Waals surface area contributed by atoms with Crippen LogP contribution in [0.5, 0.6) is 0 Å². The van der Waals surface area contributed by atoms with Gasteiger partial charge in [0.15, 0.2) is 5.71 Å². The Kier molecular flexibility index (Phi) is 8.24. The molecule has 0 unspecified atom stereocenters. The molecule has 0 amide bonds. The summed E-state index contributed by atoms with van der Waals surface area (Å²) >= 11 is 5.87. The molecular formula is C21H21ClN2O4. The summed E-state index contributed by atoms with van der Waals surface area (Å²) in [5.74, 6) is -0.597. The number of halogens is 1. The Morgan fingerprint density at radius 2 is 1.79 bits per heavy atom. The first-order valence-electron chi connectivity index (χ1n) is 8.43. The smallest absolute Gasteiger partial charge is 0.360 e. The van der Waals surface area contributed by atoms with Crippen molar-refractivity contribution >= 4 is 35.1 Å². The summed E-state index contributed by atoms with van der Waals surface area (Å²) in [5, 5.41) is 8.54. The molecule has 2 aromatic carbocycles. The lowest BCUT2D eigenvalue weighted by Gasteiger charge is -2.09. The standard InChI is InChI=1S/C21H21ClN2O4/c1-15(8-9-16-10-12-18(22)13-11-16)23-28-14-17-6-4-5-7-19(17)20(24-27-3)21(25)26-2/h4-13H,14H2,1-3H3/b9-8+,23-15+,24-20-. The molecule has 0 aliphatic carbocycles. The maximum Gasteiger partial charge on any atom is 0.360 e. The summed E-state index contributed by atoms with van der Waals surface area (Å²) in [4.78, 5) is 22.2. The van der Waals surface area contributed by atoms with Crippen molar-refractivity contribution in [3.05, 3.63) is 76.3 Å². The number of esters is 1. The van der Waals surface area contributed by atoms with Gasteiger partial charge in [-0.1, -0.05) is 64.4 Å². The highest BCUT2D eigenvalue weighted by molar-refractivity contribution is 6.43. The fourth-order valence-electron chi connectivity index (χ4n) is 2.29. The Morgan fingerprint density at radius 1 is 1.07 bits per heavy atom. The number of benzene rings is 2. The summed E-state index contributed by atoms with van der Waals surface area (Å²) in [5.41, 5.74) is 3.03. The third-order valence-corrected chi connectivity index (χ3v) is 3.90. The average molecular weight is 401 g/mol. The van der Waals surface area contributed by atoms with E-state index in [4.69, 9.17) is 26.0 Å². The predicted molar refractivity (Wildman–Crippen MR) is 110 cm³/mol. The highest BCUT2D eigenvalue weighted by atomic mass is 35.5. The zero-order valence-corrected chi connectivity index (χ0v) is 16.6. The lowest BCUT2D eigenvalue weighted by Crippen LogP contribution is -2.19. The molecule has 0 saturated carbocycles. The zero-order chi connectivity index (χ0) is 20.4. The molecule has 0 radical (unpaired) electrons. The summed E-state index contributed by atoms with van der Waals surface area (Å²) in [7, 11) is 2.65. The van der Waals surface area contributed by atoms with Crippen LogP contribution in [0.15, 0.2) is 64.9 Å². The molecule has 2 rings (SSSR count). The van der Waals surface area contributed by atoms with Gasteiger partial charge < -0.3 is 14.4 Å². The van der Waals surface area contributed by atoms with Crippen molar-refractivity contribution in [2.45, 2.75) is 13.5 Å². The Bertz CT molecular complexity index is 890. The molecule has 0 N–H and O–H groups in total. The van der Waals surface area contributed by atoms with Crippen LogP contribution in [0.4, 0.5) is 0 Å². The number of nitrogens with zero attached hydrogens (tertiary/aromatic N) is 2. The van der Waals surface area contributed by atoms with Gasteiger partial charge in [0.25, 0.3) is 0 Å². The number of rotatable bonds is 8. The van der Waals surface area contributed by atoms with Crippen molar-refractivity contribution < 1.29 is 19.2 Å². The molecule has 2 aromatic rings. The van der Waals surface area contributed by atoms with E-state index in [1.807, 2.05) is 55.5 Å². The first-order valence-corrected chi connectivity index (χ1v) is 8.81. The molecule has 0 heterocycles. The second kappa shape index (κ2) is 10.9. The quantitative estimate of drug-likeness (QED) is 0.372. The monoisotopic (exact) mass is 400 g/mol. The van der Waals surface area contributed by atoms with E-state index in [0.717, 1.165) is 11.1 Å². The van der Waals surface area contributed by atoms with Gasteiger partial charge in [0.2, 0.25) is 0 Å². The van der Waals surface area contributed by atoms with Crippen molar-refractivity contribution in [2.24, 2.45) is 10.3 Å². The Labute approximate surface area is 169 Å². The third-order valence-electron chi connectivity index (χ3n) is 3.65. The molecule has 146 valence electrons. The minimum absolute atomic E-state index is 0.0625. The second-order valence-corrected chi connectivity index (χ2v) is 6.10. The normalized spacial score (nSPS) is 12.1. The Balaban J connectivity index is 2.08. The van der Waals surface area contributed by atoms with Crippen LogP contribution in [0, 0.1) is 0 Å². The first-order chi connectivity index (χ1) is 13.5. The lowest BCUT2D eigenvalue weighted by molar-refractivity contribution is -0.132. The van der Waals surface area contributed by atoms with Crippen molar-refractivity contribution in [1.29, 1.82) is 0 Å². The van der Waals surface area contributed by atoms with Crippen LogP contribution in [0.2, 0.25) is 5.02 Å². The molecular weight excluding hydrogens is 380 g/mol. The molecule has 28 heavy (non-hydrogen) atoms. The molecule has 0 atom stereocenters. The fraction of sp³-hybridized carbons (Fsp3) is 0.190. The highest BCUT2D eigenvalue weighted by Crippen LogP contribution is 2.14. The SMILES string of the molecule is CO/N=C(\C(=O)OC)c1ccccc1CO/N=C(C)/C=C/c1ccc(Cl)cc1. The number of allylic oxidation sites excluding steroid dienone is 1. The van der Waals surface area contributed by atoms with Crippen LogP contribution in [-0.2, 0) is 25.8 Å². The number of hydrogen-bond donors (Lipinski definition) is 0. The van der Waals surface area contributed by atoms with Crippen molar-refractivity contribution in [1.82, 2.24) is 0 Å². The molecule has 0 aliphatic rings. The molecule has 0 aliphatic heterocycles. The first kappa shape index (κ1) is 21.2. The van der Waals surface area contributed by atoms with Gasteiger partial charge in [-0.25, -0.2) is 4.79 Å². The number of carbonyl (C=O) groups excluding carboxylic acids is 1. The van der Waals surface area contributed by atoms with Gasteiger partial charge >= 0.3 is 5.97 Å². The van der Waals surface area contributed by atoms with Crippen LogP contribution in [0.1, 0.15) is 23.6 Å². The van der Waals surface area contributed by atoms with E-state index in [9.17, 15) is 4.79 Å². The van der Waals surface area contributed by atoms with Gasteiger partial charge in [-0.15, -0.1) is 0 Å². The summed E-state index contributed by atoms with van der Waals surface area (Å²) in [6, 6.07) is 14.6. The molecule has 7 heteroatoms. The van der Waals surface area contributed by atoms with E-state index in [-0.39, 0.29) is 12.3 Å². The van der Waals surface area contributed by atoms with Crippen LogP contribution in [0.3, 0.4) is 0 Å². The average Bonchev–Trinajstić information content (AvgIpc) is 2.71. The van der Waals surface area contributed by atoms with E-state index in [1.54, 1.807) is 12.1 Å². The second-order valence-electron chi connectivity index (χ2n) is 5.66. The van der Waals surface area contributed by atoms with E-state index >= 15 is 0 Å². The predicted octanol–water partition coefficient (Wildman–Crippen LogP) is 4.47. The number of ether oxygens (including phenoxy) is 1. The zero-order valence-electron chi connectivity index (χ0n) is 15.9. The van der Waals surface area contributed by atoms with Gasteiger partial charge in [-0.3, -0.25) is 0 Å². The van der Waals surface area contributed by atoms with Crippen LogP contribution >= 0.6 is 11.6 Å². The van der Waals surface area contributed by atoms with E-state index in [0.29, 0.717) is 16.3 Å². The highest BCUT2D eigenvalue weighted by Gasteiger charge is 2.19. The number of methoxy groups -OCH3 is 1. The third kappa shape index (κ3) is 6.25. The number of carbonyl (C=O) groups is 1. The van der Waals surface area contributed by atoms with E-state index in [2.05, 4.69) is 10.3 Å². The van der Waals surface area contributed by atoms with Crippen molar-refractivity contribution in [3.63, 3.8) is 0 Å². The summed E-state index contributed by atoms with van der Waals surface area (Å²) in [6.07, 6.45) is 3.74. The van der Waals surface area contributed by atoms with Gasteiger partial charge in [0, 0.05) is 16.1 Å². The fourth-order valence-corrected chi connectivity index (χ4v) is 2.41. The molecule has 0 bridgehead atoms. The summed E-state index contributed by atoms with van der Waals surface area (Å²) in [6.45, 7) is 1.98. The van der Waals surface area contributed by atoms with Crippen LogP contribution < -0.4 is 0 Å². The summed E-state index contributed by atoms with van der Waals surface area (Å²) < 4.78 is 4.76. The minimum Gasteiger partial charge on any atom is -0.464 e. The van der Waals surface area contributed by atoms with Gasteiger partial charge in [-0.2, -0.15) is 0 Å². The van der Waals surface area contributed by atoms with Gasteiger partial charge in [0.1, 0.15) is 13.7 Å². The van der Waals surface area contributed by atoms with Gasteiger partial charge in [-0.05, 0) is 30.7 Å². The van der Waals surface area contributed by atoms with Crippen LogP contribution in [0.25, 0.3) is 6.08 Å². The Morgan fingerprint density at radius 3 is 2.46 bits per heavy atom. The minimum atomic E-state index is -0.597. The van der Waals surface area contributed by atoms with E-state index < -0.39 is 5.97 Å². The maximum absolute atomic E-state index is 12.0. The van der Waals surface area contributed by atoms with Gasteiger partial charge in [0.05, 0.1) is 12.8 Å². The number of oxime groups is 2.